The number of aromatic nitrogens is 4. The molecule has 5 heteroatoms. The van der Waals surface area contributed by atoms with Crippen LogP contribution in [-0.4, -0.2) is 26.2 Å². The third kappa shape index (κ3) is 2.81. The average molecular weight is 271 g/mol. The van der Waals surface area contributed by atoms with Gasteiger partial charge in [0.1, 0.15) is 6.33 Å². The first-order valence-electron chi connectivity index (χ1n) is 7.32. The van der Waals surface area contributed by atoms with Crippen molar-refractivity contribution < 1.29 is 0 Å². The van der Waals surface area contributed by atoms with Gasteiger partial charge in [-0.1, -0.05) is 19.9 Å². The van der Waals surface area contributed by atoms with E-state index in [9.17, 15) is 0 Å². The van der Waals surface area contributed by atoms with Crippen LogP contribution in [0.5, 0.6) is 0 Å². The Hall–Kier alpha value is -1.91. The lowest BCUT2D eigenvalue weighted by Gasteiger charge is -2.33. The van der Waals surface area contributed by atoms with Crippen LogP contribution in [0.4, 0.5) is 5.69 Å². The Morgan fingerprint density at radius 3 is 2.85 bits per heavy atom. The fraction of sp³-hybridized carbons (Fsp3) is 0.533. The maximum atomic E-state index is 3.92. The van der Waals surface area contributed by atoms with Crippen molar-refractivity contribution in [2.24, 2.45) is 11.8 Å². The van der Waals surface area contributed by atoms with Crippen molar-refractivity contribution in [2.75, 3.05) is 5.32 Å². The molecule has 3 rings (SSSR count). The Balaban J connectivity index is 1.70. The molecule has 106 valence electrons. The van der Waals surface area contributed by atoms with Crippen LogP contribution in [0.15, 0.2) is 30.6 Å². The average Bonchev–Trinajstić information content (AvgIpc) is 2.97. The van der Waals surface area contributed by atoms with E-state index < -0.39 is 0 Å². The van der Waals surface area contributed by atoms with Gasteiger partial charge in [-0.25, -0.2) is 4.68 Å². The number of hydrogen-bond acceptors (Lipinski definition) is 4. The lowest BCUT2D eigenvalue weighted by atomic mass is 9.79. The molecule has 0 aliphatic heterocycles. The number of anilines is 1. The molecule has 0 amide bonds. The lowest BCUT2D eigenvalue weighted by Crippen LogP contribution is -2.30. The van der Waals surface area contributed by atoms with Gasteiger partial charge >= 0.3 is 0 Å². The second-order valence-corrected chi connectivity index (χ2v) is 5.91. The summed E-state index contributed by atoms with van der Waals surface area (Å²) in [6, 6.07) is 8.82. The van der Waals surface area contributed by atoms with Gasteiger partial charge in [0.2, 0.25) is 0 Å². The predicted molar refractivity (Wildman–Crippen MR) is 78.7 cm³/mol. The van der Waals surface area contributed by atoms with Gasteiger partial charge in [0.25, 0.3) is 0 Å². The maximum absolute atomic E-state index is 3.92. The Morgan fingerprint density at radius 2 is 2.10 bits per heavy atom. The summed E-state index contributed by atoms with van der Waals surface area (Å²) in [5.41, 5.74) is 2.13. The molecule has 1 heterocycles. The summed E-state index contributed by atoms with van der Waals surface area (Å²) in [6.07, 6.45) is 5.42. The van der Waals surface area contributed by atoms with E-state index >= 15 is 0 Å². The molecule has 1 aliphatic carbocycles. The molecular formula is C15H21N5. The van der Waals surface area contributed by atoms with Gasteiger partial charge in [-0.2, -0.15) is 0 Å². The summed E-state index contributed by atoms with van der Waals surface area (Å²) in [4.78, 5) is 0. The molecule has 1 aliphatic rings. The second-order valence-electron chi connectivity index (χ2n) is 5.91. The number of nitrogens with zero attached hydrogens (tertiary/aromatic N) is 4. The number of benzene rings is 1. The molecule has 0 spiro atoms. The van der Waals surface area contributed by atoms with E-state index in [1.54, 1.807) is 11.0 Å². The first kappa shape index (κ1) is 13.1. The summed E-state index contributed by atoms with van der Waals surface area (Å²) < 4.78 is 1.68. The van der Waals surface area contributed by atoms with Crippen LogP contribution < -0.4 is 5.32 Å². The molecule has 1 saturated carbocycles. The molecule has 1 aromatic heterocycles. The number of tetrazole rings is 1. The fourth-order valence-electron chi connectivity index (χ4n) is 2.93. The first-order chi connectivity index (χ1) is 9.72. The largest absolute Gasteiger partial charge is 0.382 e. The quantitative estimate of drug-likeness (QED) is 0.932. The van der Waals surface area contributed by atoms with Gasteiger partial charge in [0.05, 0.1) is 5.69 Å². The lowest BCUT2D eigenvalue weighted by molar-refractivity contribution is 0.261. The number of nitrogens with one attached hydrogen (secondary N) is 1. The zero-order chi connectivity index (χ0) is 13.9. The van der Waals surface area contributed by atoms with E-state index in [2.05, 4.69) is 46.8 Å². The summed E-state index contributed by atoms with van der Waals surface area (Å²) in [5, 5.41) is 14.9. The second kappa shape index (κ2) is 5.61. The van der Waals surface area contributed by atoms with Crippen LogP contribution in [0.1, 0.15) is 33.1 Å². The Labute approximate surface area is 119 Å². The van der Waals surface area contributed by atoms with Gasteiger partial charge in [0, 0.05) is 11.7 Å². The molecule has 0 bridgehead atoms. The Bertz CT molecular complexity index is 551. The molecule has 20 heavy (non-hydrogen) atoms. The van der Waals surface area contributed by atoms with E-state index in [1.165, 1.54) is 19.3 Å². The van der Waals surface area contributed by atoms with Crippen molar-refractivity contribution in [1.82, 2.24) is 20.2 Å². The van der Waals surface area contributed by atoms with Gasteiger partial charge < -0.3 is 5.32 Å². The third-order valence-electron chi connectivity index (χ3n) is 4.43. The van der Waals surface area contributed by atoms with Gasteiger partial charge in [-0.15, -0.1) is 5.10 Å². The third-order valence-corrected chi connectivity index (χ3v) is 4.43. The number of rotatable bonds is 3. The zero-order valence-electron chi connectivity index (χ0n) is 12.0. The molecule has 0 saturated heterocycles. The Kier molecular flexibility index (Phi) is 3.67. The summed E-state index contributed by atoms with van der Waals surface area (Å²) in [5.74, 6) is 1.64. The van der Waals surface area contributed by atoms with Gasteiger partial charge in [0.15, 0.2) is 0 Å². The normalized spacial score (nSPS) is 26.4. The zero-order valence-corrected chi connectivity index (χ0v) is 12.0. The van der Waals surface area contributed by atoms with Crippen LogP contribution in [0.2, 0.25) is 0 Å². The van der Waals surface area contributed by atoms with Crippen LogP contribution in [0, 0.1) is 11.8 Å². The molecule has 5 nitrogen and oxygen atoms in total. The monoisotopic (exact) mass is 271 g/mol. The van der Waals surface area contributed by atoms with Crippen LogP contribution in [0.25, 0.3) is 5.69 Å². The topological polar surface area (TPSA) is 55.6 Å². The smallest absolute Gasteiger partial charge is 0.143 e. The molecule has 3 atom stereocenters. The van der Waals surface area contributed by atoms with Crippen molar-refractivity contribution in [3.63, 3.8) is 0 Å². The van der Waals surface area contributed by atoms with E-state index in [0.717, 1.165) is 23.2 Å². The SMILES string of the molecule is CC1CCC(Nc2cccc(-n3cnnn3)c2)CC1C. The first-order valence-corrected chi connectivity index (χ1v) is 7.32. The molecule has 1 aromatic carbocycles. The van der Waals surface area contributed by atoms with Crippen LogP contribution >= 0.6 is 0 Å². The van der Waals surface area contributed by atoms with Crippen molar-refractivity contribution in [1.29, 1.82) is 0 Å². The molecule has 3 unspecified atom stereocenters. The molecular weight excluding hydrogens is 250 g/mol. The standard InChI is InChI=1S/C15H21N5/c1-11-6-7-14(8-12(11)2)17-13-4-3-5-15(9-13)20-10-16-18-19-20/h3-5,9-12,14,17H,6-8H2,1-2H3. The minimum atomic E-state index is 0.574. The predicted octanol–water partition coefficient (Wildman–Crippen LogP) is 2.90. The minimum Gasteiger partial charge on any atom is -0.382 e. The van der Waals surface area contributed by atoms with Crippen molar-refractivity contribution >= 4 is 5.69 Å². The summed E-state index contributed by atoms with van der Waals surface area (Å²) in [6.45, 7) is 4.72. The Morgan fingerprint density at radius 1 is 1.20 bits per heavy atom. The highest BCUT2D eigenvalue weighted by molar-refractivity contribution is 5.51. The summed E-state index contributed by atoms with van der Waals surface area (Å²) >= 11 is 0. The fourth-order valence-corrected chi connectivity index (χ4v) is 2.93. The molecule has 1 N–H and O–H groups in total. The highest BCUT2D eigenvalue weighted by atomic mass is 15.5. The number of hydrogen-bond donors (Lipinski definition) is 1. The van der Waals surface area contributed by atoms with Gasteiger partial charge in [-0.3, -0.25) is 0 Å². The minimum absolute atomic E-state index is 0.574. The molecule has 0 radical (unpaired) electrons. The van der Waals surface area contributed by atoms with E-state index in [1.807, 2.05) is 12.1 Å². The van der Waals surface area contributed by atoms with Gasteiger partial charge in [-0.05, 0) is 59.7 Å². The van der Waals surface area contributed by atoms with Crippen molar-refractivity contribution in [3.8, 4) is 5.69 Å². The van der Waals surface area contributed by atoms with E-state index in [4.69, 9.17) is 0 Å². The molecule has 1 fully saturated rings. The van der Waals surface area contributed by atoms with Crippen LogP contribution in [-0.2, 0) is 0 Å². The highest BCUT2D eigenvalue weighted by Crippen LogP contribution is 2.31. The molecule has 2 aromatic rings. The van der Waals surface area contributed by atoms with E-state index in [0.29, 0.717) is 6.04 Å². The van der Waals surface area contributed by atoms with E-state index in [-0.39, 0.29) is 0 Å². The maximum Gasteiger partial charge on any atom is 0.143 e. The summed E-state index contributed by atoms with van der Waals surface area (Å²) in [7, 11) is 0. The van der Waals surface area contributed by atoms with Crippen molar-refractivity contribution in [2.45, 2.75) is 39.2 Å². The van der Waals surface area contributed by atoms with Crippen molar-refractivity contribution in [3.05, 3.63) is 30.6 Å². The van der Waals surface area contributed by atoms with Crippen LogP contribution in [0.3, 0.4) is 0 Å². The highest BCUT2D eigenvalue weighted by Gasteiger charge is 2.24.